The number of halogens is 1. The zero-order chi connectivity index (χ0) is 9.52. The van der Waals surface area contributed by atoms with Gasteiger partial charge in [0.1, 0.15) is 0 Å². The maximum absolute atomic E-state index is 8.72. The van der Waals surface area contributed by atoms with Crippen molar-refractivity contribution in [2.24, 2.45) is 0 Å². The molecule has 1 N–H and O–H groups in total. The van der Waals surface area contributed by atoms with Crippen LogP contribution in [0.4, 0.5) is 0 Å². The van der Waals surface area contributed by atoms with Crippen molar-refractivity contribution >= 4 is 15.9 Å². The highest BCUT2D eigenvalue weighted by molar-refractivity contribution is 9.09. The molecular weight excluding hydrogens is 228 g/mol. The van der Waals surface area contributed by atoms with Crippen LogP contribution in [-0.2, 0) is 12.8 Å². The molecule has 0 aliphatic rings. The fraction of sp³-hybridized carbons (Fsp3) is 0.455. The molecule has 0 amide bonds. The molecule has 72 valence electrons. The molecule has 0 heterocycles. The maximum Gasteiger partial charge on any atom is 0.0471 e. The molecule has 1 nitrogen and oxygen atoms in total. The summed E-state index contributed by atoms with van der Waals surface area (Å²) in [5.41, 5.74) is 2.59. The monoisotopic (exact) mass is 242 g/mol. The van der Waals surface area contributed by atoms with Crippen molar-refractivity contribution in [1.82, 2.24) is 0 Å². The van der Waals surface area contributed by atoms with Crippen LogP contribution in [0.5, 0.6) is 0 Å². The standard InChI is InChI=1S/C11H15BrO/c12-8-1-2-10-3-5-11(6-4-10)7-9-13/h3-6,13H,1-2,7-9H2. The molecule has 0 saturated carbocycles. The van der Waals surface area contributed by atoms with Gasteiger partial charge in [0.25, 0.3) is 0 Å². The quantitative estimate of drug-likeness (QED) is 0.788. The first-order valence-electron chi connectivity index (χ1n) is 4.61. The second-order valence-corrected chi connectivity index (χ2v) is 3.88. The Morgan fingerprint density at radius 1 is 1.00 bits per heavy atom. The van der Waals surface area contributed by atoms with Gasteiger partial charge >= 0.3 is 0 Å². The lowest BCUT2D eigenvalue weighted by Crippen LogP contribution is -1.91. The molecule has 1 rings (SSSR count). The second kappa shape index (κ2) is 6.17. The van der Waals surface area contributed by atoms with Crippen LogP contribution in [0.1, 0.15) is 17.5 Å². The van der Waals surface area contributed by atoms with E-state index in [1.54, 1.807) is 0 Å². The van der Waals surface area contributed by atoms with Crippen LogP contribution < -0.4 is 0 Å². The summed E-state index contributed by atoms with van der Waals surface area (Å²) in [7, 11) is 0. The van der Waals surface area contributed by atoms with Gasteiger partial charge in [0.15, 0.2) is 0 Å². The minimum atomic E-state index is 0.237. The molecule has 0 radical (unpaired) electrons. The largest absolute Gasteiger partial charge is 0.396 e. The van der Waals surface area contributed by atoms with E-state index in [2.05, 4.69) is 40.2 Å². The van der Waals surface area contributed by atoms with Crippen LogP contribution >= 0.6 is 15.9 Å². The molecule has 0 aliphatic heterocycles. The molecule has 1 aromatic rings. The van der Waals surface area contributed by atoms with Crippen molar-refractivity contribution in [1.29, 1.82) is 0 Å². The molecule has 0 unspecified atom stereocenters. The summed E-state index contributed by atoms with van der Waals surface area (Å²) in [4.78, 5) is 0. The number of hydrogen-bond donors (Lipinski definition) is 1. The fourth-order valence-corrected chi connectivity index (χ4v) is 1.55. The molecule has 0 atom stereocenters. The van der Waals surface area contributed by atoms with Gasteiger partial charge in [0, 0.05) is 11.9 Å². The van der Waals surface area contributed by atoms with E-state index < -0.39 is 0 Å². The van der Waals surface area contributed by atoms with Gasteiger partial charge in [-0.15, -0.1) is 0 Å². The lowest BCUT2D eigenvalue weighted by Gasteiger charge is -2.01. The lowest BCUT2D eigenvalue weighted by atomic mass is 10.1. The molecule has 0 aliphatic carbocycles. The molecule has 0 spiro atoms. The predicted octanol–water partition coefficient (Wildman–Crippen LogP) is 2.55. The van der Waals surface area contributed by atoms with Crippen molar-refractivity contribution < 1.29 is 5.11 Å². The number of hydrogen-bond acceptors (Lipinski definition) is 1. The molecule has 13 heavy (non-hydrogen) atoms. The first-order valence-corrected chi connectivity index (χ1v) is 5.73. The number of benzene rings is 1. The Kier molecular flexibility index (Phi) is 5.09. The molecule has 0 saturated heterocycles. The Morgan fingerprint density at radius 3 is 2.00 bits per heavy atom. The van der Waals surface area contributed by atoms with Crippen LogP contribution in [-0.4, -0.2) is 17.0 Å². The first kappa shape index (κ1) is 10.7. The van der Waals surface area contributed by atoms with Gasteiger partial charge in [-0.1, -0.05) is 40.2 Å². The minimum Gasteiger partial charge on any atom is -0.396 e. The molecule has 2 heteroatoms. The van der Waals surface area contributed by atoms with E-state index in [0.29, 0.717) is 0 Å². The topological polar surface area (TPSA) is 20.2 Å². The Labute approximate surface area is 87.9 Å². The highest BCUT2D eigenvalue weighted by atomic mass is 79.9. The SMILES string of the molecule is OCCc1ccc(CCCBr)cc1. The molecule has 0 aromatic heterocycles. The van der Waals surface area contributed by atoms with Gasteiger partial charge in [-0.3, -0.25) is 0 Å². The van der Waals surface area contributed by atoms with Crippen molar-refractivity contribution in [3.8, 4) is 0 Å². The van der Waals surface area contributed by atoms with Gasteiger partial charge in [-0.05, 0) is 30.4 Å². The lowest BCUT2D eigenvalue weighted by molar-refractivity contribution is 0.299. The molecule has 0 fully saturated rings. The summed E-state index contributed by atoms with van der Waals surface area (Å²) in [6, 6.07) is 8.49. The van der Waals surface area contributed by atoms with Crippen LogP contribution in [0.25, 0.3) is 0 Å². The van der Waals surface area contributed by atoms with Gasteiger partial charge in [-0.2, -0.15) is 0 Å². The van der Waals surface area contributed by atoms with E-state index in [4.69, 9.17) is 5.11 Å². The predicted molar refractivity (Wildman–Crippen MR) is 59.3 cm³/mol. The summed E-state index contributed by atoms with van der Waals surface area (Å²) >= 11 is 3.41. The van der Waals surface area contributed by atoms with E-state index in [1.807, 2.05) is 0 Å². The zero-order valence-corrected chi connectivity index (χ0v) is 9.26. The van der Waals surface area contributed by atoms with Crippen molar-refractivity contribution in [3.63, 3.8) is 0 Å². The fourth-order valence-electron chi connectivity index (χ4n) is 1.27. The second-order valence-electron chi connectivity index (χ2n) is 3.08. The van der Waals surface area contributed by atoms with E-state index >= 15 is 0 Å². The van der Waals surface area contributed by atoms with Crippen molar-refractivity contribution in [2.75, 3.05) is 11.9 Å². The Bertz CT molecular complexity index is 230. The van der Waals surface area contributed by atoms with Crippen molar-refractivity contribution in [3.05, 3.63) is 35.4 Å². The smallest absolute Gasteiger partial charge is 0.0471 e. The zero-order valence-electron chi connectivity index (χ0n) is 7.67. The number of alkyl halides is 1. The first-order chi connectivity index (χ1) is 6.36. The number of aliphatic hydroxyl groups is 1. The summed E-state index contributed by atoms with van der Waals surface area (Å²) in [6.45, 7) is 0.237. The number of aliphatic hydroxyl groups excluding tert-OH is 1. The Morgan fingerprint density at radius 2 is 1.54 bits per heavy atom. The normalized spacial score (nSPS) is 10.3. The highest BCUT2D eigenvalue weighted by Crippen LogP contribution is 2.07. The van der Waals surface area contributed by atoms with Crippen LogP contribution in [0.15, 0.2) is 24.3 Å². The van der Waals surface area contributed by atoms with E-state index in [0.717, 1.165) is 18.2 Å². The molecule has 1 aromatic carbocycles. The highest BCUT2D eigenvalue weighted by Gasteiger charge is 1.94. The summed E-state index contributed by atoms with van der Waals surface area (Å²) in [6.07, 6.45) is 3.07. The third kappa shape index (κ3) is 3.92. The van der Waals surface area contributed by atoms with Gasteiger partial charge in [0.2, 0.25) is 0 Å². The van der Waals surface area contributed by atoms with Crippen LogP contribution in [0, 0.1) is 0 Å². The maximum atomic E-state index is 8.72. The van der Waals surface area contributed by atoms with E-state index in [1.165, 1.54) is 17.5 Å². The van der Waals surface area contributed by atoms with Crippen molar-refractivity contribution in [2.45, 2.75) is 19.3 Å². The summed E-state index contributed by atoms with van der Waals surface area (Å²) < 4.78 is 0. The average molecular weight is 243 g/mol. The number of aryl methyl sites for hydroxylation is 1. The van der Waals surface area contributed by atoms with E-state index in [9.17, 15) is 0 Å². The Balaban J connectivity index is 2.48. The van der Waals surface area contributed by atoms with Gasteiger partial charge < -0.3 is 5.11 Å². The molecular formula is C11H15BrO. The van der Waals surface area contributed by atoms with Crippen LogP contribution in [0.3, 0.4) is 0 Å². The summed E-state index contributed by atoms with van der Waals surface area (Å²) in [5, 5.41) is 9.79. The Hall–Kier alpha value is -0.340. The molecule has 0 bridgehead atoms. The number of rotatable bonds is 5. The minimum absolute atomic E-state index is 0.237. The van der Waals surface area contributed by atoms with Crippen LogP contribution in [0.2, 0.25) is 0 Å². The van der Waals surface area contributed by atoms with E-state index in [-0.39, 0.29) is 6.61 Å². The third-order valence-electron chi connectivity index (χ3n) is 2.02. The third-order valence-corrected chi connectivity index (χ3v) is 2.58. The van der Waals surface area contributed by atoms with Gasteiger partial charge in [0.05, 0.1) is 0 Å². The summed E-state index contributed by atoms with van der Waals surface area (Å²) in [5.74, 6) is 0. The average Bonchev–Trinajstić information content (AvgIpc) is 2.17. The van der Waals surface area contributed by atoms with Gasteiger partial charge in [-0.25, -0.2) is 0 Å².